The summed E-state index contributed by atoms with van der Waals surface area (Å²) < 4.78 is 5.23. The Morgan fingerprint density at radius 3 is 2.34 bits per heavy atom. The minimum absolute atomic E-state index is 0.0157. The second kappa shape index (κ2) is 11.5. The number of hydrogen-bond donors (Lipinski definition) is 1. The molecule has 3 unspecified atom stereocenters. The zero-order valence-electron chi connectivity index (χ0n) is 20.5. The molecule has 1 saturated carbocycles. The lowest BCUT2D eigenvalue weighted by Gasteiger charge is -2.29. The number of ether oxygens (including phenoxy) is 1. The molecule has 2 aliphatic rings. The second-order valence-corrected chi connectivity index (χ2v) is 10.2. The molecule has 3 atom stereocenters. The Kier molecular flexibility index (Phi) is 7.93. The molecule has 0 spiro atoms. The zero-order chi connectivity index (χ0) is 26.6. The molecule has 3 aromatic rings. The summed E-state index contributed by atoms with van der Waals surface area (Å²) in [7, 11) is 0. The largest absolute Gasteiger partial charge is 0.453 e. The number of fused-ring (bicyclic) bond motifs is 1. The standard InChI is InChI=1S/C30H26Cl2N2O4/c31-23-13-9-19(10-14-23)17-22-7-4-8-25-27(22)33-34(28(25)20-11-15-24(32)16-12-20)26(35)18-38-30(37)29(36)21-5-2-1-3-6-21/h1-3,5-6,9-17,25,28-29,36H,4,7-8,18H2. The number of allylic oxidation sites excluding steroid dienone is 1. The third kappa shape index (κ3) is 5.68. The predicted octanol–water partition coefficient (Wildman–Crippen LogP) is 6.39. The Morgan fingerprint density at radius 1 is 1.00 bits per heavy atom. The maximum Gasteiger partial charge on any atom is 0.340 e. The van der Waals surface area contributed by atoms with Crippen molar-refractivity contribution in [3.05, 3.63) is 111 Å². The minimum Gasteiger partial charge on any atom is -0.453 e. The zero-order valence-corrected chi connectivity index (χ0v) is 22.0. The highest BCUT2D eigenvalue weighted by atomic mass is 35.5. The molecule has 0 aromatic heterocycles. The van der Waals surface area contributed by atoms with Crippen molar-refractivity contribution in [3.8, 4) is 0 Å². The molecule has 0 saturated heterocycles. The third-order valence-electron chi connectivity index (χ3n) is 6.86. The monoisotopic (exact) mass is 548 g/mol. The molecule has 0 bridgehead atoms. The fourth-order valence-corrected chi connectivity index (χ4v) is 5.26. The number of rotatable bonds is 6. The topological polar surface area (TPSA) is 79.2 Å². The lowest BCUT2D eigenvalue weighted by molar-refractivity contribution is -0.160. The number of hydrazone groups is 1. The van der Waals surface area contributed by atoms with Gasteiger partial charge in [0.1, 0.15) is 0 Å². The molecule has 1 fully saturated rings. The Labute approximate surface area is 231 Å². The molecule has 1 N–H and O–H groups in total. The van der Waals surface area contributed by atoms with Gasteiger partial charge in [-0.05, 0) is 71.9 Å². The van der Waals surface area contributed by atoms with E-state index in [1.165, 1.54) is 5.01 Å². The molecule has 6 nitrogen and oxygen atoms in total. The second-order valence-electron chi connectivity index (χ2n) is 9.36. The first kappa shape index (κ1) is 26.2. The van der Waals surface area contributed by atoms with Crippen molar-refractivity contribution < 1.29 is 19.4 Å². The lowest BCUT2D eigenvalue weighted by Crippen LogP contribution is -2.35. The summed E-state index contributed by atoms with van der Waals surface area (Å²) >= 11 is 12.2. The van der Waals surface area contributed by atoms with E-state index in [0.29, 0.717) is 15.6 Å². The number of esters is 1. The maximum atomic E-state index is 13.4. The van der Waals surface area contributed by atoms with Gasteiger partial charge in [-0.15, -0.1) is 0 Å². The van der Waals surface area contributed by atoms with Gasteiger partial charge in [0.15, 0.2) is 12.7 Å². The van der Waals surface area contributed by atoms with Crippen molar-refractivity contribution in [1.82, 2.24) is 5.01 Å². The molecule has 1 aliphatic carbocycles. The van der Waals surface area contributed by atoms with Gasteiger partial charge in [0.25, 0.3) is 5.91 Å². The molecule has 38 heavy (non-hydrogen) atoms. The van der Waals surface area contributed by atoms with E-state index in [1.807, 2.05) is 36.4 Å². The summed E-state index contributed by atoms with van der Waals surface area (Å²) in [5.41, 5.74) is 4.22. The van der Waals surface area contributed by atoms with Crippen molar-refractivity contribution >= 4 is 46.9 Å². The SMILES string of the molecule is O=C(OCC(=O)N1N=C2C(=Cc3ccc(Cl)cc3)CCCC2C1c1ccc(Cl)cc1)C(O)c1ccccc1. The van der Waals surface area contributed by atoms with Crippen molar-refractivity contribution in [2.24, 2.45) is 11.0 Å². The number of carbonyl (C=O) groups excluding carboxylic acids is 2. The van der Waals surface area contributed by atoms with Crippen LogP contribution in [0.2, 0.25) is 10.0 Å². The molecular weight excluding hydrogens is 523 g/mol. The van der Waals surface area contributed by atoms with Gasteiger partial charge in [0.05, 0.1) is 11.8 Å². The molecule has 0 radical (unpaired) electrons. The van der Waals surface area contributed by atoms with Crippen LogP contribution >= 0.6 is 23.2 Å². The highest BCUT2D eigenvalue weighted by molar-refractivity contribution is 6.30. The van der Waals surface area contributed by atoms with Gasteiger partial charge in [-0.1, -0.05) is 77.8 Å². The van der Waals surface area contributed by atoms with Gasteiger partial charge in [0.2, 0.25) is 0 Å². The van der Waals surface area contributed by atoms with Gasteiger partial charge >= 0.3 is 5.97 Å². The Balaban J connectivity index is 1.41. The number of amides is 1. The van der Waals surface area contributed by atoms with E-state index in [0.717, 1.165) is 41.7 Å². The predicted molar refractivity (Wildman–Crippen MR) is 148 cm³/mol. The van der Waals surface area contributed by atoms with E-state index in [1.54, 1.807) is 42.5 Å². The Morgan fingerprint density at radius 2 is 1.66 bits per heavy atom. The molecule has 3 aromatic carbocycles. The van der Waals surface area contributed by atoms with Crippen LogP contribution in [0.1, 0.15) is 48.1 Å². The first-order valence-corrected chi connectivity index (χ1v) is 13.2. The van der Waals surface area contributed by atoms with Crippen LogP contribution in [0.5, 0.6) is 0 Å². The first-order chi connectivity index (χ1) is 18.4. The average molecular weight is 549 g/mol. The summed E-state index contributed by atoms with van der Waals surface area (Å²) in [6.45, 7) is -0.535. The van der Waals surface area contributed by atoms with Crippen LogP contribution in [-0.4, -0.2) is 34.3 Å². The Bertz CT molecular complexity index is 1370. The number of carbonyl (C=O) groups is 2. The summed E-state index contributed by atoms with van der Waals surface area (Å²) in [5, 5.41) is 17.8. The van der Waals surface area contributed by atoms with Crippen LogP contribution < -0.4 is 0 Å². The number of hydrogen-bond acceptors (Lipinski definition) is 5. The highest BCUT2D eigenvalue weighted by Gasteiger charge is 2.44. The van der Waals surface area contributed by atoms with Gasteiger partial charge in [0, 0.05) is 16.0 Å². The number of nitrogens with zero attached hydrogens (tertiary/aromatic N) is 2. The summed E-state index contributed by atoms with van der Waals surface area (Å²) in [6.07, 6.45) is 3.27. The van der Waals surface area contributed by atoms with Crippen LogP contribution in [0, 0.1) is 5.92 Å². The van der Waals surface area contributed by atoms with E-state index in [2.05, 4.69) is 6.08 Å². The number of halogens is 2. The number of aliphatic hydroxyl groups excluding tert-OH is 1. The van der Waals surface area contributed by atoms with Gasteiger partial charge < -0.3 is 9.84 Å². The summed E-state index contributed by atoms with van der Waals surface area (Å²) in [6, 6.07) is 23.1. The normalized spacial score (nSPS) is 20.6. The fraction of sp³-hybridized carbons (Fsp3) is 0.233. The highest BCUT2D eigenvalue weighted by Crippen LogP contribution is 2.44. The van der Waals surface area contributed by atoms with Crippen molar-refractivity contribution in [1.29, 1.82) is 0 Å². The fourth-order valence-electron chi connectivity index (χ4n) is 5.01. The summed E-state index contributed by atoms with van der Waals surface area (Å²) in [5.74, 6) is -1.37. The van der Waals surface area contributed by atoms with Crippen molar-refractivity contribution in [2.75, 3.05) is 6.61 Å². The van der Waals surface area contributed by atoms with Gasteiger partial charge in [-0.2, -0.15) is 5.10 Å². The third-order valence-corrected chi connectivity index (χ3v) is 7.36. The summed E-state index contributed by atoms with van der Waals surface area (Å²) in [4.78, 5) is 25.9. The van der Waals surface area contributed by atoms with Crippen LogP contribution in [0.25, 0.3) is 6.08 Å². The van der Waals surface area contributed by atoms with E-state index in [-0.39, 0.29) is 12.0 Å². The molecule has 194 valence electrons. The van der Waals surface area contributed by atoms with Crippen LogP contribution in [0.15, 0.2) is 89.5 Å². The smallest absolute Gasteiger partial charge is 0.340 e. The van der Waals surface area contributed by atoms with Crippen LogP contribution in [-0.2, 0) is 14.3 Å². The van der Waals surface area contributed by atoms with Crippen molar-refractivity contribution in [3.63, 3.8) is 0 Å². The van der Waals surface area contributed by atoms with E-state index in [4.69, 9.17) is 33.0 Å². The first-order valence-electron chi connectivity index (χ1n) is 12.4. The van der Waals surface area contributed by atoms with Gasteiger partial charge in [-0.25, -0.2) is 9.80 Å². The van der Waals surface area contributed by atoms with Crippen LogP contribution in [0.4, 0.5) is 0 Å². The maximum absolute atomic E-state index is 13.4. The molecule has 1 amide bonds. The van der Waals surface area contributed by atoms with E-state index in [9.17, 15) is 14.7 Å². The minimum atomic E-state index is -1.47. The van der Waals surface area contributed by atoms with E-state index < -0.39 is 24.6 Å². The molecule has 8 heteroatoms. The van der Waals surface area contributed by atoms with Crippen molar-refractivity contribution in [2.45, 2.75) is 31.4 Å². The lowest BCUT2D eigenvalue weighted by atomic mass is 9.77. The average Bonchev–Trinajstić information content (AvgIpc) is 3.34. The Hall–Kier alpha value is -3.45. The van der Waals surface area contributed by atoms with Gasteiger partial charge in [-0.3, -0.25) is 4.79 Å². The quantitative estimate of drug-likeness (QED) is 0.362. The number of aliphatic hydroxyl groups is 1. The molecule has 1 aliphatic heterocycles. The molecule has 1 heterocycles. The molecular formula is C30H26Cl2N2O4. The molecule has 5 rings (SSSR count). The van der Waals surface area contributed by atoms with Crippen LogP contribution in [0.3, 0.4) is 0 Å². The van der Waals surface area contributed by atoms with E-state index >= 15 is 0 Å². The number of benzene rings is 3.